The fourth-order valence-electron chi connectivity index (χ4n) is 1.61. The van der Waals surface area contributed by atoms with Gasteiger partial charge in [-0.05, 0) is 44.9 Å². The molecule has 0 fully saturated rings. The van der Waals surface area contributed by atoms with Gasteiger partial charge in [-0.25, -0.2) is 0 Å². The molecule has 0 heterocycles. The van der Waals surface area contributed by atoms with Crippen LogP contribution in [0.4, 0.5) is 0 Å². The molecule has 2 nitrogen and oxygen atoms in total. The number of nitrogens with one attached hydrogen (secondary N) is 1. The van der Waals surface area contributed by atoms with Crippen molar-refractivity contribution < 1.29 is 4.74 Å². The van der Waals surface area contributed by atoms with Gasteiger partial charge in [0, 0.05) is 6.54 Å². The molecule has 0 radical (unpaired) electrons. The molecular weight excluding hydrogens is 198 g/mol. The fourth-order valence-corrected chi connectivity index (χ4v) is 1.61. The monoisotopic (exact) mass is 221 g/mol. The molecule has 0 aliphatic carbocycles. The summed E-state index contributed by atoms with van der Waals surface area (Å²) in [6.07, 6.45) is 1.42. The van der Waals surface area contributed by atoms with Crippen molar-refractivity contribution >= 4 is 0 Å². The largest absolute Gasteiger partial charge is 0.377 e. The first-order valence-electron chi connectivity index (χ1n) is 6.07. The predicted octanol–water partition coefficient (Wildman–Crippen LogP) is 2.55. The van der Waals surface area contributed by atoms with Gasteiger partial charge in [0.1, 0.15) is 0 Å². The molecule has 0 aliphatic heterocycles. The summed E-state index contributed by atoms with van der Waals surface area (Å²) in [7, 11) is 0. The van der Waals surface area contributed by atoms with Crippen LogP contribution in [0.25, 0.3) is 0 Å². The molecular formula is C14H23NO. The summed E-state index contributed by atoms with van der Waals surface area (Å²) in [5, 5.41) is 3.39. The molecule has 0 aliphatic rings. The molecule has 90 valence electrons. The predicted molar refractivity (Wildman–Crippen MR) is 68.8 cm³/mol. The van der Waals surface area contributed by atoms with Crippen LogP contribution in [-0.4, -0.2) is 25.8 Å². The fraction of sp³-hybridized carbons (Fsp3) is 0.571. The number of hydrogen-bond acceptors (Lipinski definition) is 2. The van der Waals surface area contributed by atoms with Crippen LogP contribution < -0.4 is 5.32 Å². The molecule has 1 N–H and O–H groups in total. The Hall–Kier alpha value is -0.860. The van der Waals surface area contributed by atoms with Crippen molar-refractivity contribution in [3.63, 3.8) is 0 Å². The lowest BCUT2D eigenvalue weighted by Gasteiger charge is -2.09. The summed E-state index contributed by atoms with van der Waals surface area (Å²) in [4.78, 5) is 0. The maximum Gasteiger partial charge on any atom is 0.0594 e. The van der Waals surface area contributed by atoms with Crippen LogP contribution in [0.15, 0.2) is 24.3 Å². The molecule has 1 rings (SSSR count). The topological polar surface area (TPSA) is 21.3 Å². The van der Waals surface area contributed by atoms with Crippen molar-refractivity contribution in [2.45, 2.75) is 33.3 Å². The first-order chi connectivity index (χ1) is 7.70. The minimum atomic E-state index is 0.332. The van der Waals surface area contributed by atoms with E-state index in [4.69, 9.17) is 4.74 Å². The van der Waals surface area contributed by atoms with Crippen LogP contribution in [0.3, 0.4) is 0 Å². The van der Waals surface area contributed by atoms with Gasteiger partial charge in [0.25, 0.3) is 0 Å². The van der Waals surface area contributed by atoms with Crippen molar-refractivity contribution in [3.8, 4) is 0 Å². The van der Waals surface area contributed by atoms with E-state index in [1.807, 2.05) is 0 Å². The highest BCUT2D eigenvalue weighted by molar-refractivity contribution is 5.25. The summed E-state index contributed by atoms with van der Waals surface area (Å²) < 4.78 is 5.46. The lowest BCUT2D eigenvalue weighted by atomic mass is 10.1. The van der Waals surface area contributed by atoms with E-state index in [2.05, 4.69) is 50.4 Å². The molecule has 0 bridgehead atoms. The Labute approximate surface area is 99.0 Å². The molecule has 0 saturated carbocycles. The minimum absolute atomic E-state index is 0.332. The summed E-state index contributed by atoms with van der Waals surface area (Å²) >= 11 is 0. The lowest BCUT2D eigenvalue weighted by Crippen LogP contribution is -2.23. The molecule has 0 saturated heterocycles. The summed E-state index contributed by atoms with van der Waals surface area (Å²) in [5.41, 5.74) is 2.81. The molecule has 1 aromatic carbocycles. The van der Waals surface area contributed by atoms with E-state index in [-0.39, 0.29) is 0 Å². The van der Waals surface area contributed by atoms with E-state index >= 15 is 0 Å². The normalized spacial score (nSPS) is 11.0. The maximum atomic E-state index is 5.46. The Morgan fingerprint density at radius 2 is 1.94 bits per heavy atom. The molecule has 0 unspecified atom stereocenters. The van der Waals surface area contributed by atoms with E-state index in [9.17, 15) is 0 Å². The van der Waals surface area contributed by atoms with Gasteiger partial charge in [-0.3, -0.25) is 0 Å². The molecule has 2 heteroatoms. The third-order valence-corrected chi connectivity index (χ3v) is 2.56. The van der Waals surface area contributed by atoms with E-state index < -0.39 is 0 Å². The summed E-state index contributed by atoms with van der Waals surface area (Å²) in [5.74, 6) is 0. The quantitative estimate of drug-likeness (QED) is 0.714. The first-order valence-corrected chi connectivity index (χ1v) is 6.07. The smallest absolute Gasteiger partial charge is 0.0594 e. The average Bonchev–Trinajstić information content (AvgIpc) is 2.25. The Morgan fingerprint density at radius 1 is 1.19 bits per heavy atom. The third kappa shape index (κ3) is 5.29. The van der Waals surface area contributed by atoms with Gasteiger partial charge in [0.05, 0.1) is 12.7 Å². The van der Waals surface area contributed by atoms with Crippen LogP contribution in [0.2, 0.25) is 0 Å². The Kier molecular flexibility index (Phi) is 6.12. The third-order valence-electron chi connectivity index (χ3n) is 2.56. The van der Waals surface area contributed by atoms with Gasteiger partial charge < -0.3 is 10.1 Å². The highest BCUT2D eigenvalue weighted by Crippen LogP contribution is 2.06. The van der Waals surface area contributed by atoms with Crippen LogP contribution in [-0.2, 0) is 11.2 Å². The molecule has 1 aromatic rings. The SMILES string of the molecule is Cc1ccccc1CCNCCOC(C)C. The summed E-state index contributed by atoms with van der Waals surface area (Å²) in [6.45, 7) is 9.04. The molecule has 0 spiro atoms. The molecule has 0 atom stereocenters. The second-order valence-corrected chi connectivity index (χ2v) is 4.35. The van der Waals surface area contributed by atoms with E-state index in [1.54, 1.807) is 0 Å². The van der Waals surface area contributed by atoms with Crippen LogP contribution >= 0.6 is 0 Å². The van der Waals surface area contributed by atoms with Gasteiger partial charge in [0.2, 0.25) is 0 Å². The lowest BCUT2D eigenvalue weighted by molar-refractivity contribution is 0.0810. The standard InChI is InChI=1S/C14H23NO/c1-12(2)16-11-10-15-9-8-14-7-5-4-6-13(14)3/h4-7,12,15H,8-11H2,1-3H3. The summed E-state index contributed by atoms with van der Waals surface area (Å²) in [6, 6.07) is 8.55. The number of rotatable bonds is 7. The Balaban J connectivity index is 2.10. The Morgan fingerprint density at radius 3 is 2.62 bits per heavy atom. The number of hydrogen-bond donors (Lipinski definition) is 1. The average molecular weight is 221 g/mol. The van der Waals surface area contributed by atoms with Gasteiger partial charge in [0.15, 0.2) is 0 Å². The molecule has 0 amide bonds. The zero-order valence-corrected chi connectivity index (χ0v) is 10.6. The second-order valence-electron chi connectivity index (χ2n) is 4.35. The van der Waals surface area contributed by atoms with Crippen LogP contribution in [0.5, 0.6) is 0 Å². The maximum absolute atomic E-state index is 5.46. The van der Waals surface area contributed by atoms with E-state index in [0.717, 1.165) is 26.1 Å². The van der Waals surface area contributed by atoms with Crippen molar-refractivity contribution in [1.82, 2.24) is 5.32 Å². The molecule has 16 heavy (non-hydrogen) atoms. The van der Waals surface area contributed by atoms with Crippen molar-refractivity contribution in [1.29, 1.82) is 0 Å². The van der Waals surface area contributed by atoms with Gasteiger partial charge in [-0.1, -0.05) is 24.3 Å². The van der Waals surface area contributed by atoms with Crippen molar-refractivity contribution in [2.75, 3.05) is 19.7 Å². The molecule has 0 aromatic heterocycles. The highest BCUT2D eigenvalue weighted by Gasteiger charge is 1.96. The van der Waals surface area contributed by atoms with Crippen LogP contribution in [0.1, 0.15) is 25.0 Å². The van der Waals surface area contributed by atoms with Crippen molar-refractivity contribution in [2.24, 2.45) is 0 Å². The minimum Gasteiger partial charge on any atom is -0.377 e. The number of aryl methyl sites for hydroxylation is 1. The Bertz CT molecular complexity index is 297. The zero-order valence-electron chi connectivity index (χ0n) is 10.6. The number of benzene rings is 1. The van der Waals surface area contributed by atoms with E-state index in [0.29, 0.717) is 6.10 Å². The van der Waals surface area contributed by atoms with E-state index in [1.165, 1.54) is 11.1 Å². The van der Waals surface area contributed by atoms with Gasteiger partial charge >= 0.3 is 0 Å². The second kappa shape index (κ2) is 7.42. The number of ether oxygens (including phenoxy) is 1. The highest BCUT2D eigenvalue weighted by atomic mass is 16.5. The first kappa shape index (κ1) is 13.2. The van der Waals surface area contributed by atoms with Crippen LogP contribution in [0, 0.1) is 6.92 Å². The van der Waals surface area contributed by atoms with Gasteiger partial charge in [-0.2, -0.15) is 0 Å². The zero-order chi connectivity index (χ0) is 11.8. The van der Waals surface area contributed by atoms with Crippen molar-refractivity contribution in [3.05, 3.63) is 35.4 Å². The van der Waals surface area contributed by atoms with Gasteiger partial charge in [-0.15, -0.1) is 0 Å².